The predicted octanol–water partition coefficient (Wildman–Crippen LogP) is 6.02. The fourth-order valence-electron chi connectivity index (χ4n) is 3.07. The Hall–Kier alpha value is -2.67. The van der Waals surface area contributed by atoms with Crippen molar-refractivity contribution in [1.29, 1.82) is 0 Å². The predicted molar refractivity (Wildman–Crippen MR) is 124 cm³/mol. The quantitative estimate of drug-likeness (QED) is 0.425. The second kappa shape index (κ2) is 9.22. The number of carbonyl (C=O) groups excluding carboxylic acids is 2. The highest BCUT2D eigenvalue weighted by Crippen LogP contribution is 2.34. The van der Waals surface area contributed by atoms with E-state index in [2.05, 4.69) is 5.32 Å². The van der Waals surface area contributed by atoms with Gasteiger partial charge in [0, 0.05) is 15.7 Å². The molecular weight excluding hydrogens is 455 g/mol. The molecule has 2 amide bonds. The molecule has 158 valence electrons. The van der Waals surface area contributed by atoms with Gasteiger partial charge in [-0.3, -0.25) is 14.5 Å². The van der Waals surface area contributed by atoms with Crippen LogP contribution in [0.5, 0.6) is 0 Å². The number of nitrogens with zero attached hydrogens (tertiary/aromatic N) is 1. The van der Waals surface area contributed by atoms with Crippen LogP contribution in [0, 0.1) is 6.92 Å². The second-order valence-electron chi connectivity index (χ2n) is 6.98. The average molecular weight is 473 g/mol. The monoisotopic (exact) mass is 472 g/mol. The lowest BCUT2D eigenvalue weighted by Gasteiger charge is -2.15. The van der Waals surface area contributed by atoms with E-state index < -0.39 is 5.91 Å². The van der Waals surface area contributed by atoms with Gasteiger partial charge < -0.3 is 9.73 Å². The number of nitrogens with one attached hydrogen (secondary N) is 1. The number of carbonyl (C=O) groups is 2. The van der Waals surface area contributed by atoms with Crippen LogP contribution in [-0.2, 0) is 21.9 Å². The number of amides is 2. The molecule has 0 radical (unpaired) electrons. The smallest absolute Gasteiger partial charge is 0.278 e. The Morgan fingerprint density at radius 3 is 2.48 bits per heavy atom. The lowest BCUT2D eigenvalue weighted by atomic mass is 10.2. The Balaban J connectivity index is 1.62. The van der Waals surface area contributed by atoms with Crippen molar-refractivity contribution in [3.05, 3.63) is 98.4 Å². The Morgan fingerprint density at radius 1 is 1.03 bits per heavy atom. The molecule has 31 heavy (non-hydrogen) atoms. The summed E-state index contributed by atoms with van der Waals surface area (Å²) in [5, 5.41) is 4.27. The van der Waals surface area contributed by atoms with E-state index in [1.54, 1.807) is 42.7 Å². The first-order valence-corrected chi connectivity index (χ1v) is 11.2. The van der Waals surface area contributed by atoms with Gasteiger partial charge in [-0.15, -0.1) is 11.8 Å². The Kier molecular flexibility index (Phi) is 6.41. The van der Waals surface area contributed by atoms with Crippen molar-refractivity contribution in [1.82, 2.24) is 4.90 Å². The molecule has 2 aromatic carbocycles. The zero-order valence-electron chi connectivity index (χ0n) is 16.5. The Labute approximate surface area is 194 Å². The minimum absolute atomic E-state index is 0.152. The summed E-state index contributed by atoms with van der Waals surface area (Å²) in [5.74, 6) is 0.401. The van der Waals surface area contributed by atoms with Gasteiger partial charge >= 0.3 is 0 Å². The van der Waals surface area contributed by atoms with Crippen LogP contribution in [0.15, 0.2) is 75.9 Å². The van der Waals surface area contributed by atoms with Crippen LogP contribution in [0.1, 0.15) is 16.9 Å². The molecule has 0 saturated carbocycles. The van der Waals surface area contributed by atoms with E-state index in [0.29, 0.717) is 32.2 Å². The van der Waals surface area contributed by atoms with E-state index in [9.17, 15) is 9.59 Å². The first kappa shape index (κ1) is 21.6. The molecule has 0 bridgehead atoms. The van der Waals surface area contributed by atoms with E-state index in [1.807, 2.05) is 25.1 Å². The van der Waals surface area contributed by atoms with Gasteiger partial charge in [0.2, 0.25) is 0 Å². The number of hydrogen-bond acceptors (Lipinski definition) is 5. The third kappa shape index (κ3) is 4.82. The van der Waals surface area contributed by atoms with Gasteiger partial charge in [-0.1, -0.05) is 41.4 Å². The average Bonchev–Trinajstić information content (AvgIpc) is 3.34. The van der Waals surface area contributed by atoms with Crippen LogP contribution in [0.4, 0.5) is 5.69 Å². The molecule has 0 fully saturated rings. The number of hydrogen-bond donors (Lipinski definition) is 1. The molecule has 0 unspecified atom stereocenters. The second-order valence-corrected chi connectivity index (χ2v) is 8.81. The van der Waals surface area contributed by atoms with Crippen LogP contribution in [-0.4, -0.2) is 16.7 Å². The van der Waals surface area contributed by atoms with E-state index in [-0.39, 0.29) is 18.1 Å². The van der Waals surface area contributed by atoms with Crippen molar-refractivity contribution in [2.24, 2.45) is 0 Å². The molecule has 1 aliphatic rings. The summed E-state index contributed by atoms with van der Waals surface area (Å²) in [7, 11) is 0. The van der Waals surface area contributed by atoms with Gasteiger partial charge in [-0.25, -0.2) is 0 Å². The van der Waals surface area contributed by atoms with Crippen LogP contribution >= 0.6 is 35.0 Å². The number of rotatable bonds is 7. The molecule has 0 saturated heterocycles. The van der Waals surface area contributed by atoms with Crippen molar-refractivity contribution in [3.8, 4) is 0 Å². The molecule has 1 aliphatic heterocycles. The van der Waals surface area contributed by atoms with Gasteiger partial charge in [-0.05, 0) is 54.4 Å². The third-order valence-corrected chi connectivity index (χ3v) is 6.51. The molecule has 2 heterocycles. The number of benzene rings is 2. The molecule has 0 atom stereocenters. The summed E-state index contributed by atoms with van der Waals surface area (Å²) in [6.45, 7) is 2.05. The van der Waals surface area contributed by atoms with Gasteiger partial charge in [0.05, 0.1) is 18.6 Å². The van der Waals surface area contributed by atoms with Gasteiger partial charge in [0.15, 0.2) is 0 Å². The maximum Gasteiger partial charge on any atom is 0.278 e. The first-order chi connectivity index (χ1) is 14.9. The number of halogens is 2. The van der Waals surface area contributed by atoms with Crippen LogP contribution in [0.2, 0.25) is 10.0 Å². The lowest BCUT2D eigenvalue weighted by molar-refractivity contribution is -0.137. The summed E-state index contributed by atoms with van der Waals surface area (Å²) in [6, 6.07) is 16.1. The van der Waals surface area contributed by atoms with Crippen LogP contribution < -0.4 is 5.32 Å². The molecule has 1 N–H and O–H groups in total. The molecule has 3 aromatic rings. The maximum absolute atomic E-state index is 13.2. The molecule has 4 rings (SSSR count). The standard InChI is InChI=1S/C23H18Cl2N2O3S/c1-14-4-9-17(11-19(14)25)26-20-21(31-13-18-3-2-10-30-18)23(29)27(22(20)28)12-15-5-7-16(24)8-6-15/h2-11,26H,12-13H2,1H3. The maximum atomic E-state index is 13.2. The number of thioether (sulfide) groups is 1. The van der Waals surface area contributed by atoms with E-state index in [0.717, 1.165) is 11.1 Å². The molecular formula is C23H18Cl2N2O3S. The molecule has 8 heteroatoms. The van der Waals surface area contributed by atoms with E-state index >= 15 is 0 Å². The fraction of sp³-hybridized carbons (Fsp3) is 0.130. The van der Waals surface area contributed by atoms with Crippen molar-refractivity contribution in [2.75, 3.05) is 5.32 Å². The van der Waals surface area contributed by atoms with Crippen molar-refractivity contribution in [3.63, 3.8) is 0 Å². The van der Waals surface area contributed by atoms with Crippen molar-refractivity contribution >= 4 is 52.5 Å². The summed E-state index contributed by atoms with van der Waals surface area (Å²) in [6.07, 6.45) is 1.58. The SMILES string of the molecule is Cc1ccc(NC2=C(SCc3ccco3)C(=O)N(Cc3ccc(Cl)cc3)C2=O)cc1Cl. The Bertz CT molecular complexity index is 1160. The van der Waals surface area contributed by atoms with Crippen molar-refractivity contribution in [2.45, 2.75) is 19.2 Å². The fourth-order valence-corrected chi connectivity index (χ4v) is 4.34. The number of aryl methyl sites for hydroxylation is 1. The third-order valence-electron chi connectivity index (χ3n) is 4.76. The zero-order chi connectivity index (χ0) is 22.0. The lowest BCUT2D eigenvalue weighted by Crippen LogP contribution is -2.31. The van der Waals surface area contributed by atoms with Gasteiger partial charge in [-0.2, -0.15) is 0 Å². The first-order valence-electron chi connectivity index (χ1n) is 9.45. The van der Waals surface area contributed by atoms with Crippen molar-refractivity contribution < 1.29 is 14.0 Å². The molecule has 1 aromatic heterocycles. The van der Waals surface area contributed by atoms with Gasteiger partial charge in [0.1, 0.15) is 16.4 Å². The van der Waals surface area contributed by atoms with E-state index in [1.165, 1.54) is 16.7 Å². The summed E-state index contributed by atoms with van der Waals surface area (Å²) in [5.41, 5.74) is 2.60. The molecule has 0 spiro atoms. The molecule has 0 aliphatic carbocycles. The van der Waals surface area contributed by atoms with Gasteiger partial charge in [0.25, 0.3) is 11.8 Å². The summed E-state index contributed by atoms with van der Waals surface area (Å²) >= 11 is 13.4. The van der Waals surface area contributed by atoms with Crippen LogP contribution in [0.25, 0.3) is 0 Å². The highest BCUT2D eigenvalue weighted by Gasteiger charge is 2.39. The van der Waals surface area contributed by atoms with E-state index in [4.69, 9.17) is 27.6 Å². The Morgan fingerprint density at radius 2 is 1.81 bits per heavy atom. The minimum Gasteiger partial charge on any atom is -0.468 e. The molecule has 5 nitrogen and oxygen atoms in total. The highest BCUT2D eigenvalue weighted by molar-refractivity contribution is 8.03. The number of furan rings is 1. The minimum atomic E-state index is -0.390. The number of imide groups is 1. The topological polar surface area (TPSA) is 62.6 Å². The normalized spacial score (nSPS) is 14.0. The largest absolute Gasteiger partial charge is 0.468 e. The summed E-state index contributed by atoms with van der Waals surface area (Å²) in [4.78, 5) is 27.9. The van der Waals surface area contributed by atoms with Crippen LogP contribution in [0.3, 0.4) is 0 Å². The number of anilines is 1. The summed E-state index contributed by atoms with van der Waals surface area (Å²) < 4.78 is 5.37. The zero-order valence-corrected chi connectivity index (χ0v) is 18.9. The highest BCUT2D eigenvalue weighted by atomic mass is 35.5.